The highest BCUT2D eigenvalue weighted by Crippen LogP contribution is 2.29. The number of piperazine rings is 2. The van der Waals surface area contributed by atoms with Gasteiger partial charge < -0.3 is 4.90 Å². The van der Waals surface area contributed by atoms with Crippen LogP contribution in [0.15, 0.2) is 103 Å². The van der Waals surface area contributed by atoms with E-state index in [0.29, 0.717) is 12.1 Å². The maximum atomic E-state index is 13.8. The van der Waals surface area contributed by atoms with Gasteiger partial charge in [-0.05, 0) is 78.7 Å². The van der Waals surface area contributed by atoms with E-state index in [-0.39, 0.29) is 5.82 Å². The maximum absolute atomic E-state index is 13.8. The zero-order chi connectivity index (χ0) is 31.0. The van der Waals surface area contributed by atoms with Crippen LogP contribution < -0.4 is 0 Å². The molecule has 2 fully saturated rings. The molecule has 0 radical (unpaired) electrons. The molecule has 1 atom stereocenters. The van der Waals surface area contributed by atoms with Crippen molar-refractivity contribution in [2.75, 3.05) is 65.4 Å². The first-order valence-electron chi connectivity index (χ1n) is 17.0. The molecule has 0 aromatic heterocycles. The van der Waals surface area contributed by atoms with E-state index in [1.54, 1.807) is 12.1 Å². The van der Waals surface area contributed by atoms with E-state index in [1.165, 1.54) is 33.4 Å². The number of hydrogen-bond donors (Lipinski definition) is 0. The van der Waals surface area contributed by atoms with Gasteiger partial charge in [0.05, 0.1) is 0 Å². The van der Waals surface area contributed by atoms with Gasteiger partial charge in [0.2, 0.25) is 0 Å². The number of nitrogens with zero attached hydrogens (tertiary/aromatic N) is 4. The van der Waals surface area contributed by atoms with Crippen molar-refractivity contribution in [2.24, 2.45) is 0 Å². The highest BCUT2D eigenvalue weighted by Gasteiger charge is 2.29. The Hall–Kier alpha value is -3.35. The van der Waals surface area contributed by atoms with Crippen molar-refractivity contribution in [3.8, 4) is 22.3 Å². The molecular weight excluding hydrogens is 555 g/mol. The summed E-state index contributed by atoms with van der Waals surface area (Å²) in [5.74, 6) is -0.153. The Labute approximate surface area is 270 Å². The fraction of sp³-hybridized carbons (Fsp3) is 0.400. The lowest BCUT2D eigenvalue weighted by Gasteiger charge is -2.43. The molecule has 236 valence electrons. The van der Waals surface area contributed by atoms with Crippen molar-refractivity contribution < 1.29 is 4.39 Å². The fourth-order valence-electron chi connectivity index (χ4n) is 7.11. The Morgan fingerprint density at radius 1 is 0.578 bits per heavy atom. The number of halogens is 1. The average molecular weight is 605 g/mol. The van der Waals surface area contributed by atoms with Crippen molar-refractivity contribution in [3.05, 3.63) is 120 Å². The Morgan fingerprint density at radius 2 is 1.16 bits per heavy atom. The first kappa shape index (κ1) is 31.6. The van der Waals surface area contributed by atoms with Crippen molar-refractivity contribution in [1.82, 2.24) is 19.6 Å². The van der Waals surface area contributed by atoms with Gasteiger partial charge in [-0.3, -0.25) is 14.7 Å². The second-order valence-corrected chi connectivity index (χ2v) is 13.1. The van der Waals surface area contributed by atoms with Crippen molar-refractivity contribution in [1.29, 1.82) is 0 Å². The van der Waals surface area contributed by atoms with Crippen molar-refractivity contribution in [3.63, 3.8) is 0 Å². The molecule has 4 nitrogen and oxygen atoms in total. The summed E-state index contributed by atoms with van der Waals surface area (Å²) in [5, 5.41) is 0. The first-order chi connectivity index (χ1) is 22.0. The molecule has 0 N–H and O–H groups in total. The van der Waals surface area contributed by atoms with Gasteiger partial charge in [-0.25, -0.2) is 4.39 Å². The minimum atomic E-state index is -0.153. The standard InChI is InChI=1S/C40H49FN4/c1-32(2)44-27-29-45(30-28-44)40(37-18-20-38(41)21-19-37)31-43-25-23-42(24-26-43)22-8-12-35-11-6-7-13-39(35)36-16-14-34(15-17-36)33-9-4-3-5-10-33/h3-7,9-11,13-21,32,40H,8,12,22-31H2,1-2H3. The third-order valence-electron chi connectivity index (χ3n) is 9.91. The van der Waals surface area contributed by atoms with Gasteiger partial charge in [-0.1, -0.05) is 91.0 Å². The normalized spacial score (nSPS) is 18.0. The smallest absolute Gasteiger partial charge is 0.123 e. The highest BCUT2D eigenvalue weighted by atomic mass is 19.1. The van der Waals surface area contributed by atoms with E-state index in [2.05, 4.69) is 112 Å². The second kappa shape index (κ2) is 15.3. The molecule has 4 aromatic carbocycles. The maximum Gasteiger partial charge on any atom is 0.123 e. The monoisotopic (exact) mass is 604 g/mol. The van der Waals surface area contributed by atoms with Crippen LogP contribution in [0.5, 0.6) is 0 Å². The van der Waals surface area contributed by atoms with E-state index >= 15 is 0 Å². The molecule has 2 aliphatic heterocycles. The van der Waals surface area contributed by atoms with Crippen LogP contribution in [-0.4, -0.2) is 91.1 Å². The minimum Gasteiger partial charge on any atom is -0.301 e. The Kier molecular flexibility index (Phi) is 10.7. The predicted octanol–water partition coefficient (Wildman–Crippen LogP) is 7.48. The Morgan fingerprint density at radius 3 is 1.84 bits per heavy atom. The van der Waals surface area contributed by atoms with E-state index < -0.39 is 0 Å². The number of benzene rings is 4. The summed E-state index contributed by atoms with van der Waals surface area (Å²) in [6, 6.07) is 36.7. The predicted molar refractivity (Wildman–Crippen MR) is 186 cm³/mol. The topological polar surface area (TPSA) is 13.0 Å². The zero-order valence-corrected chi connectivity index (χ0v) is 27.1. The van der Waals surface area contributed by atoms with Crippen molar-refractivity contribution >= 4 is 0 Å². The van der Waals surface area contributed by atoms with Crippen LogP contribution in [0.4, 0.5) is 4.39 Å². The zero-order valence-electron chi connectivity index (χ0n) is 27.1. The van der Waals surface area contributed by atoms with Crippen molar-refractivity contribution in [2.45, 2.75) is 38.8 Å². The third-order valence-corrected chi connectivity index (χ3v) is 9.91. The second-order valence-electron chi connectivity index (χ2n) is 13.1. The van der Waals surface area contributed by atoms with Crippen LogP contribution >= 0.6 is 0 Å². The summed E-state index contributed by atoms with van der Waals surface area (Å²) in [6.07, 6.45) is 2.25. The average Bonchev–Trinajstić information content (AvgIpc) is 3.09. The molecule has 6 rings (SSSR count). The first-order valence-corrected chi connectivity index (χ1v) is 17.0. The molecule has 0 aliphatic carbocycles. The summed E-state index contributed by atoms with van der Waals surface area (Å²) >= 11 is 0. The molecular formula is C40H49FN4. The van der Waals surface area contributed by atoms with Crippen LogP contribution in [0.2, 0.25) is 0 Å². The Balaban J connectivity index is 1.01. The van der Waals surface area contributed by atoms with Gasteiger partial charge in [-0.2, -0.15) is 0 Å². The van der Waals surface area contributed by atoms with Crippen LogP contribution in [-0.2, 0) is 6.42 Å². The molecule has 1 unspecified atom stereocenters. The molecule has 2 heterocycles. The van der Waals surface area contributed by atoms with Gasteiger partial charge in [0.15, 0.2) is 0 Å². The Bertz CT molecular complexity index is 1450. The molecule has 5 heteroatoms. The summed E-state index contributed by atoms with van der Waals surface area (Å²) in [6.45, 7) is 15.5. The summed E-state index contributed by atoms with van der Waals surface area (Å²) in [5.41, 5.74) is 7.83. The molecule has 4 aromatic rings. The lowest BCUT2D eigenvalue weighted by molar-refractivity contribution is 0.0481. The number of rotatable bonds is 11. The SMILES string of the molecule is CC(C)N1CCN(C(CN2CCN(CCCc3ccccc3-c3ccc(-c4ccccc4)cc3)CC2)c2ccc(F)cc2)CC1. The van der Waals surface area contributed by atoms with Crippen LogP contribution in [0.25, 0.3) is 22.3 Å². The molecule has 0 saturated carbocycles. The van der Waals surface area contributed by atoms with Gasteiger partial charge in [0, 0.05) is 71.0 Å². The summed E-state index contributed by atoms with van der Waals surface area (Å²) in [7, 11) is 0. The molecule has 2 aliphatic rings. The summed E-state index contributed by atoms with van der Waals surface area (Å²) in [4.78, 5) is 10.5. The van der Waals surface area contributed by atoms with Gasteiger partial charge in [0.1, 0.15) is 5.82 Å². The van der Waals surface area contributed by atoms with E-state index in [1.807, 2.05) is 12.1 Å². The third kappa shape index (κ3) is 8.28. The molecule has 0 bridgehead atoms. The molecule has 45 heavy (non-hydrogen) atoms. The minimum absolute atomic E-state index is 0.153. The van der Waals surface area contributed by atoms with Gasteiger partial charge in [0.25, 0.3) is 0 Å². The highest BCUT2D eigenvalue weighted by molar-refractivity contribution is 5.72. The molecule has 0 spiro atoms. The quantitative estimate of drug-likeness (QED) is 0.176. The molecule has 2 saturated heterocycles. The number of hydrogen-bond acceptors (Lipinski definition) is 4. The number of aryl methyl sites for hydroxylation is 1. The van der Waals surface area contributed by atoms with E-state index in [0.717, 1.165) is 78.3 Å². The van der Waals surface area contributed by atoms with Crippen LogP contribution in [0, 0.1) is 5.82 Å². The van der Waals surface area contributed by atoms with Gasteiger partial charge in [-0.15, -0.1) is 0 Å². The van der Waals surface area contributed by atoms with Crippen LogP contribution in [0.3, 0.4) is 0 Å². The lowest BCUT2D eigenvalue weighted by Crippen LogP contribution is -2.53. The molecule has 0 amide bonds. The van der Waals surface area contributed by atoms with E-state index in [9.17, 15) is 4.39 Å². The fourth-order valence-corrected chi connectivity index (χ4v) is 7.11. The van der Waals surface area contributed by atoms with Gasteiger partial charge >= 0.3 is 0 Å². The van der Waals surface area contributed by atoms with E-state index in [4.69, 9.17) is 0 Å². The largest absolute Gasteiger partial charge is 0.301 e. The lowest BCUT2D eigenvalue weighted by atomic mass is 9.95. The summed E-state index contributed by atoms with van der Waals surface area (Å²) < 4.78 is 13.8. The van der Waals surface area contributed by atoms with Crippen LogP contribution in [0.1, 0.15) is 37.4 Å².